The Balaban J connectivity index is 2.02. The summed E-state index contributed by atoms with van der Waals surface area (Å²) in [7, 11) is 0. The van der Waals surface area contributed by atoms with Gasteiger partial charge in [-0.3, -0.25) is 0 Å². The molecular weight excluding hydrogens is 364 g/mol. The highest BCUT2D eigenvalue weighted by atomic mass is 15.1. The van der Waals surface area contributed by atoms with Crippen LogP contribution >= 0.6 is 0 Å². The first-order valence-corrected chi connectivity index (χ1v) is 13.9. The van der Waals surface area contributed by atoms with Crippen LogP contribution in [0.5, 0.6) is 0 Å². The van der Waals surface area contributed by atoms with E-state index in [1.165, 1.54) is 142 Å². The number of nitrogens with zero attached hydrogens (tertiary/aromatic N) is 2. The Hall–Kier alpha value is -0.790. The van der Waals surface area contributed by atoms with Crippen LogP contribution in [0.25, 0.3) is 0 Å². The first-order chi connectivity index (χ1) is 14.8. The van der Waals surface area contributed by atoms with E-state index in [0.29, 0.717) is 0 Å². The normalized spacial score (nSPS) is 11.4. The zero-order valence-corrected chi connectivity index (χ0v) is 21.1. The van der Waals surface area contributed by atoms with Crippen molar-refractivity contribution in [3.63, 3.8) is 0 Å². The fourth-order valence-electron chi connectivity index (χ4n) is 4.62. The lowest BCUT2D eigenvalue weighted by Gasteiger charge is -2.06. The van der Waals surface area contributed by atoms with Gasteiger partial charge in [-0.25, -0.2) is 9.13 Å². The van der Waals surface area contributed by atoms with Crippen LogP contribution in [0.15, 0.2) is 12.4 Å². The lowest BCUT2D eigenvalue weighted by molar-refractivity contribution is -0.703. The lowest BCUT2D eigenvalue weighted by atomic mass is 10.0. The van der Waals surface area contributed by atoms with Crippen LogP contribution < -0.4 is 4.57 Å². The molecule has 0 bridgehead atoms. The van der Waals surface area contributed by atoms with Crippen molar-refractivity contribution in [2.45, 2.75) is 162 Å². The van der Waals surface area contributed by atoms with Gasteiger partial charge in [0.1, 0.15) is 12.4 Å². The molecule has 30 heavy (non-hydrogen) atoms. The monoisotopic (exact) mass is 419 g/mol. The second kappa shape index (κ2) is 20.1. The van der Waals surface area contributed by atoms with Crippen molar-refractivity contribution >= 4 is 0 Å². The number of imidazole rings is 1. The lowest BCUT2D eigenvalue weighted by Crippen LogP contribution is -2.37. The molecule has 0 saturated carbocycles. The van der Waals surface area contributed by atoms with Gasteiger partial charge in [-0.15, -0.1) is 0 Å². The summed E-state index contributed by atoms with van der Waals surface area (Å²) in [6.45, 7) is 9.27. The van der Waals surface area contributed by atoms with E-state index in [0.717, 1.165) is 0 Å². The van der Waals surface area contributed by atoms with E-state index in [-0.39, 0.29) is 0 Å². The maximum atomic E-state index is 2.54. The fraction of sp³-hybridized carbons (Fsp3) is 0.893. The van der Waals surface area contributed by atoms with Gasteiger partial charge in [0, 0.05) is 6.42 Å². The third-order valence-electron chi connectivity index (χ3n) is 6.56. The Kier molecular flexibility index (Phi) is 18.3. The molecule has 0 spiro atoms. The fourth-order valence-corrected chi connectivity index (χ4v) is 4.62. The van der Waals surface area contributed by atoms with Gasteiger partial charge in [0.2, 0.25) is 0 Å². The van der Waals surface area contributed by atoms with Crippen molar-refractivity contribution < 1.29 is 4.57 Å². The van der Waals surface area contributed by atoms with E-state index in [9.17, 15) is 0 Å². The van der Waals surface area contributed by atoms with Gasteiger partial charge in [0.25, 0.3) is 5.82 Å². The van der Waals surface area contributed by atoms with Gasteiger partial charge >= 0.3 is 0 Å². The molecule has 1 heterocycles. The van der Waals surface area contributed by atoms with Gasteiger partial charge in [0.05, 0.1) is 13.1 Å². The second-order valence-corrected chi connectivity index (χ2v) is 9.51. The first kappa shape index (κ1) is 27.2. The molecule has 2 heteroatoms. The summed E-state index contributed by atoms with van der Waals surface area (Å²) >= 11 is 0. The van der Waals surface area contributed by atoms with Crippen LogP contribution in [-0.4, -0.2) is 4.57 Å². The van der Waals surface area contributed by atoms with E-state index in [1.807, 2.05) is 0 Å². The van der Waals surface area contributed by atoms with Crippen LogP contribution in [-0.2, 0) is 19.5 Å². The number of unbranched alkanes of at least 4 members (excludes halogenated alkanes) is 16. The molecule has 1 rings (SSSR count). The van der Waals surface area contributed by atoms with Crippen LogP contribution in [0.1, 0.15) is 149 Å². The zero-order valence-electron chi connectivity index (χ0n) is 21.1. The van der Waals surface area contributed by atoms with E-state index >= 15 is 0 Å². The van der Waals surface area contributed by atoms with E-state index in [2.05, 4.69) is 42.3 Å². The number of aryl methyl sites for hydroxylation is 2. The SMILES string of the molecule is CCCCCCCCCCCCCCCCCc1n(CCCCC)cc[n+]1CCC. The van der Waals surface area contributed by atoms with Crippen molar-refractivity contribution in [3.8, 4) is 0 Å². The summed E-state index contributed by atoms with van der Waals surface area (Å²) in [5.41, 5.74) is 0. The Labute approximate surface area is 189 Å². The number of aromatic nitrogens is 2. The van der Waals surface area contributed by atoms with Crippen molar-refractivity contribution in [2.24, 2.45) is 0 Å². The number of hydrogen-bond acceptors (Lipinski definition) is 0. The maximum Gasteiger partial charge on any atom is 0.256 e. The van der Waals surface area contributed by atoms with Gasteiger partial charge in [0.15, 0.2) is 0 Å². The molecule has 2 nitrogen and oxygen atoms in total. The molecular formula is C28H55N2+. The predicted octanol–water partition coefficient (Wildman–Crippen LogP) is 8.79. The molecule has 0 aliphatic heterocycles. The molecule has 0 saturated heterocycles. The average Bonchev–Trinajstić information content (AvgIpc) is 3.13. The summed E-state index contributed by atoms with van der Waals surface area (Å²) < 4.78 is 5.05. The standard InChI is InChI=1S/C28H55N2/c1-4-7-9-10-11-12-13-14-15-16-17-18-19-20-21-23-28-29(24-6-3)26-27-30(28)25-22-8-5-2/h26-27H,4-25H2,1-3H3/q+1. The minimum atomic E-state index is 1.18. The molecule has 0 aromatic carbocycles. The smallest absolute Gasteiger partial charge is 0.234 e. The van der Waals surface area contributed by atoms with Crippen molar-refractivity contribution in [2.75, 3.05) is 0 Å². The predicted molar refractivity (Wildman–Crippen MR) is 133 cm³/mol. The summed E-state index contributed by atoms with van der Waals surface area (Å²) in [6, 6.07) is 0. The summed E-state index contributed by atoms with van der Waals surface area (Å²) in [6.07, 6.45) is 32.8. The van der Waals surface area contributed by atoms with Crippen LogP contribution in [0, 0.1) is 0 Å². The van der Waals surface area contributed by atoms with Crippen molar-refractivity contribution in [1.82, 2.24) is 4.57 Å². The zero-order chi connectivity index (χ0) is 21.7. The Bertz CT molecular complexity index is 477. The van der Waals surface area contributed by atoms with E-state index < -0.39 is 0 Å². The van der Waals surface area contributed by atoms with Gasteiger partial charge in [-0.05, 0) is 25.7 Å². The minimum Gasteiger partial charge on any atom is -0.234 e. The number of rotatable bonds is 22. The van der Waals surface area contributed by atoms with Gasteiger partial charge < -0.3 is 0 Å². The van der Waals surface area contributed by atoms with Crippen LogP contribution in [0.2, 0.25) is 0 Å². The van der Waals surface area contributed by atoms with Gasteiger partial charge in [-0.2, -0.15) is 0 Å². The molecule has 176 valence electrons. The van der Waals surface area contributed by atoms with E-state index in [4.69, 9.17) is 0 Å². The van der Waals surface area contributed by atoms with Crippen LogP contribution in [0.4, 0.5) is 0 Å². The Morgan fingerprint density at radius 3 is 1.53 bits per heavy atom. The largest absolute Gasteiger partial charge is 0.256 e. The Morgan fingerprint density at radius 2 is 1.03 bits per heavy atom. The molecule has 0 unspecified atom stereocenters. The average molecular weight is 420 g/mol. The minimum absolute atomic E-state index is 1.18. The molecule has 0 fully saturated rings. The van der Waals surface area contributed by atoms with Gasteiger partial charge in [-0.1, -0.05) is 117 Å². The third kappa shape index (κ3) is 13.5. The first-order valence-electron chi connectivity index (χ1n) is 13.9. The molecule has 0 N–H and O–H groups in total. The molecule has 0 amide bonds. The molecule has 0 atom stereocenters. The highest BCUT2D eigenvalue weighted by Crippen LogP contribution is 2.14. The second-order valence-electron chi connectivity index (χ2n) is 9.51. The summed E-state index contributed by atoms with van der Waals surface area (Å²) in [5.74, 6) is 1.57. The highest BCUT2D eigenvalue weighted by molar-refractivity contribution is 4.84. The third-order valence-corrected chi connectivity index (χ3v) is 6.56. The molecule has 0 aliphatic rings. The van der Waals surface area contributed by atoms with E-state index in [1.54, 1.807) is 5.82 Å². The number of hydrogen-bond donors (Lipinski definition) is 0. The molecule has 1 aromatic rings. The quantitative estimate of drug-likeness (QED) is 0.131. The van der Waals surface area contributed by atoms with Crippen molar-refractivity contribution in [3.05, 3.63) is 18.2 Å². The van der Waals surface area contributed by atoms with Crippen molar-refractivity contribution in [1.29, 1.82) is 0 Å². The topological polar surface area (TPSA) is 8.81 Å². The molecule has 1 aromatic heterocycles. The molecule has 0 radical (unpaired) electrons. The Morgan fingerprint density at radius 1 is 0.567 bits per heavy atom. The maximum absolute atomic E-state index is 2.54. The summed E-state index contributed by atoms with van der Waals surface area (Å²) in [5, 5.41) is 0. The van der Waals surface area contributed by atoms with Crippen LogP contribution in [0.3, 0.4) is 0 Å². The molecule has 0 aliphatic carbocycles. The summed E-state index contributed by atoms with van der Waals surface area (Å²) in [4.78, 5) is 0. The highest BCUT2D eigenvalue weighted by Gasteiger charge is 2.15.